The molecule has 1 aromatic carbocycles. The SMILES string of the molecule is Cc1ccccc1CC(Cc1ccco1)C(=O)O. The summed E-state index contributed by atoms with van der Waals surface area (Å²) < 4.78 is 5.22. The Kier molecular flexibility index (Phi) is 3.82. The van der Waals surface area contributed by atoms with Gasteiger partial charge in [-0.1, -0.05) is 24.3 Å². The molecule has 1 unspecified atom stereocenters. The average molecular weight is 244 g/mol. The molecular weight excluding hydrogens is 228 g/mol. The molecule has 0 radical (unpaired) electrons. The van der Waals surface area contributed by atoms with Crippen LogP contribution >= 0.6 is 0 Å². The van der Waals surface area contributed by atoms with Crippen molar-refractivity contribution >= 4 is 5.97 Å². The Morgan fingerprint density at radius 3 is 2.61 bits per heavy atom. The van der Waals surface area contributed by atoms with Crippen LogP contribution in [0.3, 0.4) is 0 Å². The second-order valence-electron chi connectivity index (χ2n) is 4.45. The number of aliphatic carboxylic acids is 1. The Labute approximate surface area is 106 Å². The minimum absolute atomic E-state index is 0.427. The molecule has 0 aliphatic rings. The predicted molar refractivity (Wildman–Crippen MR) is 68.4 cm³/mol. The fourth-order valence-electron chi connectivity index (χ4n) is 2.02. The lowest BCUT2D eigenvalue weighted by Gasteiger charge is -2.12. The van der Waals surface area contributed by atoms with Crippen molar-refractivity contribution < 1.29 is 14.3 Å². The molecule has 2 aromatic rings. The number of carboxylic acid groups (broad SMARTS) is 1. The van der Waals surface area contributed by atoms with Gasteiger partial charge in [0.25, 0.3) is 0 Å². The molecule has 94 valence electrons. The van der Waals surface area contributed by atoms with E-state index in [2.05, 4.69) is 0 Å². The number of benzene rings is 1. The Balaban J connectivity index is 2.12. The summed E-state index contributed by atoms with van der Waals surface area (Å²) in [6, 6.07) is 11.5. The van der Waals surface area contributed by atoms with E-state index in [4.69, 9.17) is 4.42 Å². The van der Waals surface area contributed by atoms with Gasteiger partial charge in [0.15, 0.2) is 0 Å². The smallest absolute Gasteiger partial charge is 0.307 e. The van der Waals surface area contributed by atoms with E-state index in [1.807, 2.05) is 37.3 Å². The van der Waals surface area contributed by atoms with Gasteiger partial charge in [0, 0.05) is 6.42 Å². The van der Waals surface area contributed by atoms with Crippen molar-refractivity contribution in [3.8, 4) is 0 Å². The largest absolute Gasteiger partial charge is 0.481 e. The number of carbonyl (C=O) groups is 1. The molecule has 0 bridgehead atoms. The molecule has 18 heavy (non-hydrogen) atoms. The topological polar surface area (TPSA) is 50.4 Å². The number of carboxylic acids is 1. The zero-order valence-corrected chi connectivity index (χ0v) is 10.3. The molecule has 0 saturated carbocycles. The first-order valence-electron chi connectivity index (χ1n) is 5.96. The highest BCUT2D eigenvalue weighted by molar-refractivity contribution is 5.70. The van der Waals surface area contributed by atoms with Crippen LogP contribution in [-0.2, 0) is 17.6 Å². The lowest BCUT2D eigenvalue weighted by Crippen LogP contribution is -2.19. The van der Waals surface area contributed by atoms with E-state index in [0.29, 0.717) is 12.8 Å². The van der Waals surface area contributed by atoms with Crippen LogP contribution in [0, 0.1) is 12.8 Å². The van der Waals surface area contributed by atoms with Crippen LogP contribution in [-0.4, -0.2) is 11.1 Å². The first-order chi connectivity index (χ1) is 8.66. The summed E-state index contributed by atoms with van der Waals surface area (Å²) in [6.07, 6.45) is 2.53. The highest BCUT2D eigenvalue weighted by Crippen LogP contribution is 2.18. The lowest BCUT2D eigenvalue weighted by atomic mass is 9.93. The van der Waals surface area contributed by atoms with Gasteiger partial charge < -0.3 is 9.52 Å². The van der Waals surface area contributed by atoms with Crippen LogP contribution in [0.2, 0.25) is 0 Å². The van der Waals surface area contributed by atoms with Crippen molar-refractivity contribution in [2.24, 2.45) is 5.92 Å². The Morgan fingerprint density at radius 2 is 2.00 bits per heavy atom. The van der Waals surface area contributed by atoms with Gasteiger partial charge in [-0.2, -0.15) is 0 Å². The second-order valence-corrected chi connectivity index (χ2v) is 4.45. The highest BCUT2D eigenvalue weighted by Gasteiger charge is 2.20. The summed E-state index contributed by atoms with van der Waals surface area (Å²) in [6.45, 7) is 2.00. The summed E-state index contributed by atoms with van der Waals surface area (Å²) in [5.74, 6) is -0.511. The Morgan fingerprint density at radius 1 is 1.22 bits per heavy atom. The van der Waals surface area contributed by atoms with Gasteiger partial charge in [0.05, 0.1) is 12.2 Å². The van der Waals surface area contributed by atoms with Gasteiger partial charge in [0.1, 0.15) is 5.76 Å². The summed E-state index contributed by atoms with van der Waals surface area (Å²) in [5.41, 5.74) is 2.21. The second kappa shape index (κ2) is 5.54. The summed E-state index contributed by atoms with van der Waals surface area (Å²) in [5, 5.41) is 9.28. The van der Waals surface area contributed by atoms with E-state index in [0.717, 1.165) is 16.9 Å². The molecule has 1 heterocycles. The van der Waals surface area contributed by atoms with E-state index in [1.54, 1.807) is 12.3 Å². The van der Waals surface area contributed by atoms with Crippen LogP contribution in [0.4, 0.5) is 0 Å². The quantitative estimate of drug-likeness (QED) is 0.879. The summed E-state index contributed by atoms with van der Waals surface area (Å²) in [7, 11) is 0. The number of hydrogen-bond acceptors (Lipinski definition) is 2. The van der Waals surface area contributed by atoms with Crippen LogP contribution in [0.5, 0.6) is 0 Å². The van der Waals surface area contributed by atoms with Crippen LogP contribution in [0.1, 0.15) is 16.9 Å². The van der Waals surface area contributed by atoms with Gasteiger partial charge in [-0.05, 0) is 36.6 Å². The first-order valence-corrected chi connectivity index (χ1v) is 5.96. The average Bonchev–Trinajstić information content (AvgIpc) is 2.83. The van der Waals surface area contributed by atoms with E-state index in [1.165, 1.54) is 0 Å². The molecule has 2 rings (SSSR count). The Hall–Kier alpha value is -2.03. The number of aryl methyl sites for hydroxylation is 1. The van der Waals surface area contributed by atoms with Gasteiger partial charge in [-0.15, -0.1) is 0 Å². The number of hydrogen-bond donors (Lipinski definition) is 1. The van der Waals surface area contributed by atoms with Crippen LogP contribution in [0.25, 0.3) is 0 Å². The maximum Gasteiger partial charge on any atom is 0.307 e. The van der Waals surface area contributed by atoms with Gasteiger partial charge >= 0.3 is 5.97 Å². The van der Waals surface area contributed by atoms with Crippen molar-refractivity contribution in [2.45, 2.75) is 19.8 Å². The summed E-state index contributed by atoms with van der Waals surface area (Å²) in [4.78, 5) is 11.3. The molecule has 3 heteroatoms. The standard InChI is InChI=1S/C15H16O3/c1-11-5-2-3-6-12(11)9-13(15(16)17)10-14-7-4-8-18-14/h2-8,13H,9-10H2,1H3,(H,16,17). The molecular formula is C15H16O3. The fourth-order valence-corrected chi connectivity index (χ4v) is 2.02. The third-order valence-electron chi connectivity index (χ3n) is 3.10. The van der Waals surface area contributed by atoms with Crippen molar-refractivity contribution in [1.29, 1.82) is 0 Å². The van der Waals surface area contributed by atoms with Gasteiger partial charge in [0.2, 0.25) is 0 Å². The van der Waals surface area contributed by atoms with E-state index in [-0.39, 0.29) is 0 Å². The molecule has 0 aliphatic carbocycles. The minimum atomic E-state index is -0.783. The molecule has 1 aromatic heterocycles. The van der Waals surface area contributed by atoms with Crippen molar-refractivity contribution in [2.75, 3.05) is 0 Å². The van der Waals surface area contributed by atoms with Crippen LogP contribution in [0.15, 0.2) is 47.1 Å². The zero-order valence-electron chi connectivity index (χ0n) is 10.3. The van der Waals surface area contributed by atoms with Crippen molar-refractivity contribution in [1.82, 2.24) is 0 Å². The minimum Gasteiger partial charge on any atom is -0.481 e. The zero-order chi connectivity index (χ0) is 13.0. The molecule has 0 fully saturated rings. The predicted octanol–water partition coefficient (Wildman–Crippen LogP) is 3.07. The third kappa shape index (κ3) is 3.00. The first kappa shape index (κ1) is 12.4. The monoisotopic (exact) mass is 244 g/mol. The van der Waals surface area contributed by atoms with E-state index in [9.17, 15) is 9.90 Å². The van der Waals surface area contributed by atoms with Crippen molar-refractivity contribution in [3.05, 3.63) is 59.5 Å². The lowest BCUT2D eigenvalue weighted by molar-refractivity contribution is -0.141. The number of furan rings is 1. The van der Waals surface area contributed by atoms with Crippen molar-refractivity contribution in [3.63, 3.8) is 0 Å². The molecule has 1 N–H and O–H groups in total. The van der Waals surface area contributed by atoms with Gasteiger partial charge in [-0.25, -0.2) is 0 Å². The Bertz CT molecular complexity index is 514. The molecule has 0 aliphatic heterocycles. The fraction of sp³-hybridized carbons (Fsp3) is 0.267. The molecule has 0 spiro atoms. The van der Waals surface area contributed by atoms with E-state index < -0.39 is 11.9 Å². The molecule has 0 amide bonds. The molecule has 1 atom stereocenters. The maximum absolute atomic E-state index is 11.3. The molecule has 0 saturated heterocycles. The maximum atomic E-state index is 11.3. The van der Waals surface area contributed by atoms with Crippen LogP contribution < -0.4 is 0 Å². The van der Waals surface area contributed by atoms with E-state index >= 15 is 0 Å². The van der Waals surface area contributed by atoms with Gasteiger partial charge in [-0.3, -0.25) is 4.79 Å². The normalized spacial score (nSPS) is 12.3. The summed E-state index contributed by atoms with van der Waals surface area (Å²) >= 11 is 0. The molecule has 3 nitrogen and oxygen atoms in total. The number of rotatable bonds is 5. The highest BCUT2D eigenvalue weighted by atomic mass is 16.4. The third-order valence-corrected chi connectivity index (χ3v) is 3.10.